The van der Waals surface area contributed by atoms with Crippen LogP contribution in [0.5, 0.6) is 0 Å². The SMILES string of the molecule is CCC1CCCC(Nc2cc(N3CCCC3CO)ncn2)C1. The number of anilines is 2. The van der Waals surface area contributed by atoms with Crippen molar-refractivity contribution in [2.75, 3.05) is 23.4 Å². The quantitative estimate of drug-likeness (QED) is 0.876. The Labute approximate surface area is 133 Å². The van der Waals surface area contributed by atoms with E-state index < -0.39 is 0 Å². The van der Waals surface area contributed by atoms with Crippen LogP contribution in [-0.4, -0.2) is 40.3 Å². The van der Waals surface area contributed by atoms with Gasteiger partial charge in [0.05, 0.1) is 12.6 Å². The van der Waals surface area contributed by atoms with Gasteiger partial charge in [0.15, 0.2) is 0 Å². The Morgan fingerprint density at radius 2 is 2.18 bits per heavy atom. The summed E-state index contributed by atoms with van der Waals surface area (Å²) in [6.07, 6.45) is 10.3. The molecule has 1 aliphatic heterocycles. The molecule has 2 N–H and O–H groups in total. The predicted molar refractivity (Wildman–Crippen MR) is 89.1 cm³/mol. The third kappa shape index (κ3) is 3.51. The standard InChI is InChI=1S/C17H28N4O/c1-2-13-5-3-6-14(9-13)20-16-10-17(19-12-18-16)21-8-4-7-15(21)11-22/h10,12-15,22H,2-9,11H2,1H3,(H,18,19,20). The van der Waals surface area contributed by atoms with Crippen molar-refractivity contribution in [1.29, 1.82) is 0 Å². The van der Waals surface area contributed by atoms with E-state index in [0.29, 0.717) is 6.04 Å². The largest absolute Gasteiger partial charge is 0.394 e. The second-order valence-electron chi connectivity index (χ2n) is 6.72. The second-order valence-corrected chi connectivity index (χ2v) is 6.72. The summed E-state index contributed by atoms with van der Waals surface area (Å²) in [6, 6.07) is 2.79. The Kier molecular flexibility index (Phi) is 5.13. The van der Waals surface area contributed by atoms with Crippen molar-refractivity contribution in [3.63, 3.8) is 0 Å². The fraction of sp³-hybridized carbons (Fsp3) is 0.765. The zero-order chi connectivity index (χ0) is 15.4. The van der Waals surface area contributed by atoms with E-state index in [2.05, 4.69) is 27.1 Å². The first kappa shape index (κ1) is 15.5. The number of rotatable bonds is 5. The van der Waals surface area contributed by atoms with Gasteiger partial charge < -0.3 is 15.3 Å². The Bertz CT molecular complexity index is 481. The van der Waals surface area contributed by atoms with Crippen molar-refractivity contribution in [3.05, 3.63) is 12.4 Å². The fourth-order valence-corrected chi connectivity index (χ4v) is 3.91. The van der Waals surface area contributed by atoms with Gasteiger partial charge in [-0.3, -0.25) is 0 Å². The van der Waals surface area contributed by atoms with Crippen LogP contribution >= 0.6 is 0 Å². The van der Waals surface area contributed by atoms with Gasteiger partial charge in [-0.05, 0) is 31.6 Å². The number of hydrogen-bond acceptors (Lipinski definition) is 5. The van der Waals surface area contributed by atoms with Crippen LogP contribution in [0.25, 0.3) is 0 Å². The Morgan fingerprint density at radius 3 is 3.00 bits per heavy atom. The molecule has 122 valence electrons. The van der Waals surface area contributed by atoms with Crippen LogP contribution in [-0.2, 0) is 0 Å². The molecule has 0 amide bonds. The predicted octanol–water partition coefficient (Wildman–Crippen LogP) is 2.82. The minimum Gasteiger partial charge on any atom is -0.394 e. The molecule has 1 saturated carbocycles. The van der Waals surface area contributed by atoms with E-state index >= 15 is 0 Å². The molecule has 0 spiro atoms. The first-order valence-electron chi connectivity index (χ1n) is 8.76. The van der Waals surface area contributed by atoms with Gasteiger partial charge in [-0.1, -0.05) is 26.2 Å². The molecule has 0 radical (unpaired) electrons. The molecule has 0 bridgehead atoms. The summed E-state index contributed by atoms with van der Waals surface area (Å²) in [5.74, 6) is 2.72. The van der Waals surface area contributed by atoms with Gasteiger partial charge in [0.1, 0.15) is 18.0 Å². The molecule has 2 fully saturated rings. The minimum atomic E-state index is 0.202. The second kappa shape index (κ2) is 7.27. The lowest BCUT2D eigenvalue weighted by Gasteiger charge is -2.30. The molecule has 3 rings (SSSR count). The van der Waals surface area contributed by atoms with Crippen LogP contribution in [0, 0.1) is 5.92 Å². The minimum absolute atomic E-state index is 0.202. The summed E-state index contributed by atoms with van der Waals surface area (Å²) in [5, 5.41) is 13.1. The summed E-state index contributed by atoms with van der Waals surface area (Å²) in [4.78, 5) is 11.0. The molecule has 3 atom stereocenters. The highest BCUT2D eigenvalue weighted by molar-refractivity contribution is 5.50. The number of nitrogens with zero attached hydrogens (tertiary/aromatic N) is 3. The van der Waals surface area contributed by atoms with Gasteiger partial charge in [0, 0.05) is 18.7 Å². The Hall–Kier alpha value is -1.36. The summed E-state index contributed by atoms with van der Waals surface area (Å²) in [7, 11) is 0. The molecule has 1 aromatic heterocycles. The maximum Gasteiger partial charge on any atom is 0.134 e. The fourth-order valence-electron chi connectivity index (χ4n) is 3.91. The number of nitrogens with one attached hydrogen (secondary N) is 1. The lowest BCUT2D eigenvalue weighted by molar-refractivity contribution is 0.266. The third-order valence-corrected chi connectivity index (χ3v) is 5.25. The lowest BCUT2D eigenvalue weighted by atomic mass is 9.84. The van der Waals surface area contributed by atoms with Gasteiger partial charge in [0.25, 0.3) is 0 Å². The Morgan fingerprint density at radius 1 is 1.27 bits per heavy atom. The normalized spacial score (nSPS) is 28.8. The zero-order valence-electron chi connectivity index (χ0n) is 13.5. The van der Waals surface area contributed by atoms with E-state index in [1.165, 1.54) is 32.1 Å². The third-order valence-electron chi connectivity index (χ3n) is 5.25. The molecule has 1 aromatic rings. The van der Waals surface area contributed by atoms with Crippen LogP contribution in [0.2, 0.25) is 0 Å². The molecule has 1 aliphatic carbocycles. The maximum absolute atomic E-state index is 9.48. The number of aromatic nitrogens is 2. The van der Waals surface area contributed by atoms with E-state index in [-0.39, 0.29) is 12.6 Å². The van der Waals surface area contributed by atoms with Crippen LogP contribution in [0.1, 0.15) is 51.9 Å². The molecule has 22 heavy (non-hydrogen) atoms. The van der Waals surface area contributed by atoms with Crippen LogP contribution in [0.4, 0.5) is 11.6 Å². The number of hydrogen-bond donors (Lipinski definition) is 2. The molecule has 1 saturated heterocycles. The van der Waals surface area contributed by atoms with Gasteiger partial charge in [-0.2, -0.15) is 0 Å². The van der Waals surface area contributed by atoms with Gasteiger partial charge in [-0.15, -0.1) is 0 Å². The number of aliphatic hydroxyl groups excluding tert-OH is 1. The average Bonchev–Trinajstić information content (AvgIpc) is 3.04. The first-order valence-corrected chi connectivity index (χ1v) is 8.76. The van der Waals surface area contributed by atoms with Crippen molar-refractivity contribution in [3.8, 4) is 0 Å². The van der Waals surface area contributed by atoms with Gasteiger partial charge in [0.2, 0.25) is 0 Å². The first-order chi connectivity index (χ1) is 10.8. The molecule has 2 heterocycles. The smallest absolute Gasteiger partial charge is 0.134 e. The zero-order valence-corrected chi connectivity index (χ0v) is 13.5. The van der Waals surface area contributed by atoms with E-state index in [4.69, 9.17) is 0 Å². The topological polar surface area (TPSA) is 61.3 Å². The van der Waals surface area contributed by atoms with Crippen LogP contribution in [0.15, 0.2) is 12.4 Å². The summed E-state index contributed by atoms with van der Waals surface area (Å²) in [6.45, 7) is 3.47. The summed E-state index contributed by atoms with van der Waals surface area (Å²) < 4.78 is 0. The lowest BCUT2D eigenvalue weighted by Crippen LogP contribution is -2.33. The summed E-state index contributed by atoms with van der Waals surface area (Å²) in [5.41, 5.74) is 0. The van der Waals surface area contributed by atoms with Crippen molar-refractivity contribution < 1.29 is 5.11 Å². The number of aliphatic hydroxyl groups is 1. The summed E-state index contributed by atoms with van der Waals surface area (Å²) >= 11 is 0. The highest BCUT2D eigenvalue weighted by atomic mass is 16.3. The van der Waals surface area contributed by atoms with Crippen molar-refractivity contribution >= 4 is 11.6 Å². The molecular weight excluding hydrogens is 276 g/mol. The van der Waals surface area contributed by atoms with E-state index in [0.717, 1.165) is 36.9 Å². The van der Waals surface area contributed by atoms with Crippen molar-refractivity contribution in [1.82, 2.24) is 9.97 Å². The highest BCUT2D eigenvalue weighted by Gasteiger charge is 2.26. The molecular formula is C17H28N4O. The van der Waals surface area contributed by atoms with Crippen LogP contribution < -0.4 is 10.2 Å². The van der Waals surface area contributed by atoms with Crippen LogP contribution in [0.3, 0.4) is 0 Å². The van der Waals surface area contributed by atoms with Gasteiger partial charge >= 0.3 is 0 Å². The monoisotopic (exact) mass is 304 g/mol. The van der Waals surface area contributed by atoms with Crippen molar-refractivity contribution in [2.24, 2.45) is 5.92 Å². The average molecular weight is 304 g/mol. The van der Waals surface area contributed by atoms with E-state index in [9.17, 15) is 5.11 Å². The molecule has 5 nitrogen and oxygen atoms in total. The molecule has 5 heteroatoms. The van der Waals surface area contributed by atoms with E-state index in [1.54, 1.807) is 6.33 Å². The Balaban J connectivity index is 1.66. The molecule has 0 aromatic carbocycles. The molecule has 2 aliphatic rings. The highest BCUT2D eigenvalue weighted by Crippen LogP contribution is 2.29. The molecule has 3 unspecified atom stereocenters. The van der Waals surface area contributed by atoms with Gasteiger partial charge in [-0.25, -0.2) is 9.97 Å². The van der Waals surface area contributed by atoms with Crippen molar-refractivity contribution in [2.45, 2.75) is 64.0 Å². The maximum atomic E-state index is 9.48. The van der Waals surface area contributed by atoms with E-state index in [1.807, 2.05) is 6.07 Å².